The second kappa shape index (κ2) is 3.46. The first-order valence-corrected chi connectivity index (χ1v) is 5.40. The van der Waals surface area contributed by atoms with Crippen molar-refractivity contribution in [2.45, 2.75) is 20.3 Å². The van der Waals surface area contributed by atoms with Crippen LogP contribution in [0.5, 0.6) is 0 Å². The number of rotatable bonds is 2. The molecule has 4 heteroatoms. The number of hydrogen-bond donors (Lipinski definition) is 1. The molecule has 0 saturated heterocycles. The monoisotopic (exact) mass is 208 g/mol. The predicted molar refractivity (Wildman–Crippen MR) is 58.3 cm³/mol. The number of nitrogens with two attached hydrogens (primary N) is 1. The average molecular weight is 208 g/mol. The van der Waals surface area contributed by atoms with Gasteiger partial charge in [-0.1, -0.05) is 6.92 Å². The molecule has 0 aliphatic rings. The van der Waals surface area contributed by atoms with Gasteiger partial charge in [-0.2, -0.15) is 4.98 Å². The van der Waals surface area contributed by atoms with E-state index in [9.17, 15) is 0 Å². The highest BCUT2D eigenvalue weighted by molar-refractivity contribution is 7.13. The predicted octanol–water partition coefficient (Wildman–Crippen LogP) is 2.86. The summed E-state index contributed by atoms with van der Waals surface area (Å²) in [4.78, 5) is 5.36. The summed E-state index contributed by atoms with van der Waals surface area (Å²) in [5, 5.41) is 2.05. The first-order chi connectivity index (χ1) is 6.72. The maximum Gasteiger partial charge on any atom is 0.292 e. The first-order valence-electron chi connectivity index (χ1n) is 4.52. The Morgan fingerprint density at radius 3 is 2.93 bits per heavy atom. The van der Waals surface area contributed by atoms with E-state index in [1.807, 2.05) is 6.92 Å². The van der Waals surface area contributed by atoms with Crippen molar-refractivity contribution in [1.29, 1.82) is 0 Å². The van der Waals surface area contributed by atoms with Gasteiger partial charge in [-0.3, -0.25) is 0 Å². The Morgan fingerprint density at radius 2 is 2.36 bits per heavy atom. The van der Waals surface area contributed by atoms with Gasteiger partial charge >= 0.3 is 0 Å². The van der Waals surface area contributed by atoms with Crippen molar-refractivity contribution in [3.8, 4) is 10.6 Å². The van der Waals surface area contributed by atoms with Crippen LogP contribution in [-0.4, -0.2) is 4.98 Å². The zero-order valence-electron chi connectivity index (χ0n) is 8.20. The lowest BCUT2D eigenvalue weighted by Gasteiger charge is -1.95. The van der Waals surface area contributed by atoms with Crippen molar-refractivity contribution in [2.75, 3.05) is 5.73 Å². The van der Waals surface area contributed by atoms with Gasteiger partial charge in [0.1, 0.15) is 11.5 Å². The zero-order valence-corrected chi connectivity index (χ0v) is 9.02. The summed E-state index contributed by atoms with van der Waals surface area (Å²) < 4.78 is 5.32. The minimum Gasteiger partial charge on any atom is -0.428 e. The summed E-state index contributed by atoms with van der Waals surface area (Å²) in [5.41, 5.74) is 7.66. The fourth-order valence-corrected chi connectivity index (χ4v) is 2.34. The van der Waals surface area contributed by atoms with Crippen LogP contribution in [0.4, 0.5) is 6.01 Å². The smallest absolute Gasteiger partial charge is 0.292 e. The third kappa shape index (κ3) is 1.42. The molecule has 2 heterocycles. The third-order valence-corrected chi connectivity index (χ3v) is 3.14. The van der Waals surface area contributed by atoms with Crippen molar-refractivity contribution in [2.24, 2.45) is 0 Å². The van der Waals surface area contributed by atoms with Crippen LogP contribution in [-0.2, 0) is 6.42 Å². The van der Waals surface area contributed by atoms with Gasteiger partial charge in [-0.25, -0.2) is 0 Å². The zero-order chi connectivity index (χ0) is 10.1. The molecule has 3 nitrogen and oxygen atoms in total. The van der Waals surface area contributed by atoms with Crippen LogP contribution in [0.3, 0.4) is 0 Å². The molecular weight excluding hydrogens is 196 g/mol. The number of aryl methyl sites for hydroxylation is 2. The average Bonchev–Trinajstić information content (AvgIpc) is 2.71. The standard InChI is InChI=1S/C10H12N2OS/c1-3-7-8(12-10(11)13-7)9-6(2)4-5-14-9/h4-5H,3H2,1-2H3,(H2,11,12). The van der Waals surface area contributed by atoms with E-state index in [0.29, 0.717) is 0 Å². The molecule has 0 aliphatic heterocycles. The molecule has 0 bridgehead atoms. The number of nitrogens with zero attached hydrogens (tertiary/aromatic N) is 1. The van der Waals surface area contributed by atoms with Crippen LogP contribution in [0, 0.1) is 6.92 Å². The molecule has 2 N–H and O–H groups in total. The van der Waals surface area contributed by atoms with E-state index in [1.165, 1.54) is 5.56 Å². The second-order valence-corrected chi connectivity index (χ2v) is 4.03. The van der Waals surface area contributed by atoms with Gasteiger partial charge in [0.15, 0.2) is 0 Å². The number of hydrogen-bond acceptors (Lipinski definition) is 4. The molecule has 0 spiro atoms. The molecule has 0 aromatic carbocycles. The van der Waals surface area contributed by atoms with Crippen LogP contribution < -0.4 is 5.73 Å². The van der Waals surface area contributed by atoms with Gasteiger partial charge in [0.25, 0.3) is 6.01 Å². The Kier molecular flexibility index (Phi) is 2.29. The summed E-state index contributed by atoms with van der Waals surface area (Å²) in [6.45, 7) is 4.10. The van der Waals surface area contributed by atoms with E-state index in [2.05, 4.69) is 23.4 Å². The fraction of sp³-hybridized carbons (Fsp3) is 0.300. The molecule has 74 valence electrons. The molecule has 0 saturated carbocycles. The van der Waals surface area contributed by atoms with Crippen LogP contribution in [0.2, 0.25) is 0 Å². The van der Waals surface area contributed by atoms with E-state index >= 15 is 0 Å². The Morgan fingerprint density at radius 1 is 1.57 bits per heavy atom. The Hall–Kier alpha value is -1.29. The van der Waals surface area contributed by atoms with Crippen molar-refractivity contribution in [1.82, 2.24) is 4.98 Å². The molecule has 14 heavy (non-hydrogen) atoms. The lowest BCUT2D eigenvalue weighted by Crippen LogP contribution is -1.84. The largest absolute Gasteiger partial charge is 0.428 e. The van der Waals surface area contributed by atoms with Crippen LogP contribution in [0.1, 0.15) is 18.2 Å². The van der Waals surface area contributed by atoms with E-state index in [4.69, 9.17) is 10.2 Å². The van der Waals surface area contributed by atoms with Gasteiger partial charge < -0.3 is 10.2 Å². The normalized spacial score (nSPS) is 10.7. The van der Waals surface area contributed by atoms with E-state index in [-0.39, 0.29) is 6.01 Å². The van der Waals surface area contributed by atoms with Crippen molar-refractivity contribution < 1.29 is 4.42 Å². The first kappa shape index (κ1) is 9.27. The lowest BCUT2D eigenvalue weighted by atomic mass is 10.2. The maximum absolute atomic E-state index is 5.54. The Bertz CT molecular complexity index is 445. The van der Waals surface area contributed by atoms with Gasteiger partial charge in [0.05, 0.1) is 4.88 Å². The highest BCUT2D eigenvalue weighted by Gasteiger charge is 2.14. The van der Waals surface area contributed by atoms with E-state index in [1.54, 1.807) is 11.3 Å². The number of nitrogen functional groups attached to an aromatic ring is 1. The summed E-state index contributed by atoms with van der Waals surface area (Å²) in [7, 11) is 0. The van der Waals surface area contributed by atoms with Gasteiger partial charge in [0.2, 0.25) is 0 Å². The summed E-state index contributed by atoms with van der Waals surface area (Å²) in [5.74, 6) is 0.869. The van der Waals surface area contributed by atoms with Crippen molar-refractivity contribution in [3.05, 3.63) is 22.8 Å². The highest BCUT2D eigenvalue weighted by Crippen LogP contribution is 2.32. The highest BCUT2D eigenvalue weighted by atomic mass is 32.1. The quantitative estimate of drug-likeness (QED) is 0.825. The molecular formula is C10H12N2OS. The molecule has 0 fully saturated rings. The van der Waals surface area contributed by atoms with Crippen molar-refractivity contribution >= 4 is 17.4 Å². The molecule has 0 atom stereocenters. The second-order valence-electron chi connectivity index (χ2n) is 3.11. The lowest BCUT2D eigenvalue weighted by molar-refractivity contribution is 0.530. The van der Waals surface area contributed by atoms with Gasteiger partial charge in [-0.05, 0) is 23.9 Å². The molecule has 0 amide bonds. The summed E-state index contributed by atoms with van der Waals surface area (Å²) >= 11 is 1.67. The SMILES string of the molecule is CCc1oc(N)nc1-c1sccc1C. The maximum atomic E-state index is 5.54. The molecule has 0 radical (unpaired) electrons. The van der Waals surface area contributed by atoms with E-state index < -0.39 is 0 Å². The number of thiophene rings is 1. The van der Waals surface area contributed by atoms with Gasteiger partial charge in [-0.15, -0.1) is 11.3 Å². The van der Waals surface area contributed by atoms with Crippen LogP contribution >= 0.6 is 11.3 Å². The molecule has 2 rings (SSSR count). The molecule has 2 aromatic heterocycles. The summed E-state index contributed by atoms with van der Waals surface area (Å²) in [6.07, 6.45) is 0.816. The number of aromatic nitrogens is 1. The Balaban J connectivity index is 2.55. The number of anilines is 1. The Labute approximate surface area is 86.6 Å². The third-order valence-electron chi connectivity index (χ3n) is 2.11. The number of oxazole rings is 1. The summed E-state index contributed by atoms with van der Waals surface area (Å²) in [6, 6.07) is 2.33. The van der Waals surface area contributed by atoms with Crippen molar-refractivity contribution in [3.63, 3.8) is 0 Å². The minimum absolute atomic E-state index is 0.254. The molecule has 2 aromatic rings. The minimum atomic E-state index is 0.254. The fourth-order valence-electron chi connectivity index (χ4n) is 1.40. The molecule has 0 aliphatic carbocycles. The van der Waals surface area contributed by atoms with Crippen LogP contribution in [0.25, 0.3) is 10.6 Å². The topological polar surface area (TPSA) is 52.0 Å². The molecule has 0 unspecified atom stereocenters. The van der Waals surface area contributed by atoms with Crippen LogP contribution in [0.15, 0.2) is 15.9 Å². The van der Waals surface area contributed by atoms with Gasteiger partial charge in [0, 0.05) is 6.42 Å². The van der Waals surface area contributed by atoms with E-state index in [0.717, 1.165) is 22.8 Å².